The summed E-state index contributed by atoms with van der Waals surface area (Å²) in [5.74, 6) is 0. The molecule has 2 N–H and O–H groups in total. The third-order valence-electron chi connectivity index (χ3n) is 3.14. The highest BCUT2D eigenvalue weighted by Gasteiger charge is 2.23. The van der Waals surface area contributed by atoms with Crippen molar-refractivity contribution in [1.29, 1.82) is 0 Å². The number of hydrogen-bond acceptors (Lipinski definition) is 6. The van der Waals surface area contributed by atoms with Gasteiger partial charge in [-0.25, -0.2) is 9.78 Å². The molecule has 7 heteroatoms. The average Bonchev–Trinajstić information content (AvgIpc) is 2.81. The van der Waals surface area contributed by atoms with Crippen LogP contribution in [0.15, 0.2) is 5.51 Å². The molecule has 132 valence electrons. The van der Waals surface area contributed by atoms with Crippen LogP contribution in [0.3, 0.4) is 0 Å². The van der Waals surface area contributed by atoms with Gasteiger partial charge >= 0.3 is 6.09 Å². The fourth-order valence-corrected chi connectivity index (χ4v) is 2.97. The largest absolute Gasteiger partial charge is 0.444 e. The highest BCUT2D eigenvalue weighted by molar-refractivity contribution is 7.09. The van der Waals surface area contributed by atoms with E-state index in [9.17, 15) is 9.90 Å². The van der Waals surface area contributed by atoms with Crippen LogP contribution in [-0.4, -0.2) is 52.4 Å². The van der Waals surface area contributed by atoms with E-state index in [1.54, 1.807) is 18.3 Å². The molecule has 0 aromatic carbocycles. The van der Waals surface area contributed by atoms with Gasteiger partial charge < -0.3 is 20.1 Å². The van der Waals surface area contributed by atoms with Crippen LogP contribution in [0.4, 0.5) is 4.79 Å². The Bertz CT molecular complexity index is 497. The highest BCUT2D eigenvalue weighted by Crippen LogP contribution is 2.20. The Hall–Kier alpha value is -1.18. The van der Waals surface area contributed by atoms with E-state index >= 15 is 0 Å². The topological polar surface area (TPSA) is 74.7 Å². The first-order valence-electron chi connectivity index (χ1n) is 7.89. The van der Waals surface area contributed by atoms with Crippen LogP contribution < -0.4 is 5.32 Å². The molecule has 23 heavy (non-hydrogen) atoms. The number of rotatable bonds is 7. The summed E-state index contributed by atoms with van der Waals surface area (Å²) >= 11 is 1.62. The minimum Gasteiger partial charge on any atom is -0.444 e. The summed E-state index contributed by atoms with van der Waals surface area (Å²) in [7, 11) is 0. The standard InChI is InChI=1S/C16H29N3O3S/c1-11(20)9-19(15(21)22-16(4,5)6)8-7-17-12(2)14-13(3)18-10-23-14/h10-12,17,20H,7-9H2,1-6H3. The van der Waals surface area contributed by atoms with Gasteiger partial charge in [0.15, 0.2) is 0 Å². The van der Waals surface area contributed by atoms with Gasteiger partial charge in [0.05, 0.1) is 17.3 Å². The number of aromatic nitrogens is 1. The first-order chi connectivity index (χ1) is 10.6. The quantitative estimate of drug-likeness (QED) is 0.796. The Morgan fingerprint density at radius 1 is 1.48 bits per heavy atom. The number of carbonyl (C=O) groups excluding carboxylic acids is 1. The van der Waals surface area contributed by atoms with Gasteiger partial charge in [-0.3, -0.25) is 0 Å². The summed E-state index contributed by atoms with van der Waals surface area (Å²) in [5.41, 5.74) is 2.32. The summed E-state index contributed by atoms with van der Waals surface area (Å²) < 4.78 is 5.39. The number of carbonyl (C=O) groups is 1. The zero-order chi connectivity index (χ0) is 17.6. The molecule has 1 heterocycles. The van der Waals surface area contributed by atoms with E-state index in [2.05, 4.69) is 17.2 Å². The molecule has 6 nitrogen and oxygen atoms in total. The SMILES string of the molecule is Cc1ncsc1C(C)NCCN(CC(C)O)C(=O)OC(C)(C)C. The van der Waals surface area contributed by atoms with Gasteiger partial charge in [-0.05, 0) is 41.5 Å². The molecule has 0 fully saturated rings. The van der Waals surface area contributed by atoms with E-state index in [4.69, 9.17) is 4.74 Å². The summed E-state index contributed by atoms with van der Waals surface area (Å²) in [6, 6.07) is 0.175. The van der Waals surface area contributed by atoms with Crippen LogP contribution in [0.5, 0.6) is 0 Å². The molecular formula is C16H29N3O3S. The van der Waals surface area contributed by atoms with Gasteiger partial charge in [0.2, 0.25) is 0 Å². The van der Waals surface area contributed by atoms with Crippen molar-refractivity contribution in [2.75, 3.05) is 19.6 Å². The zero-order valence-corrected chi connectivity index (χ0v) is 15.7. The van der Waals surface area contributed by atoms with E-state index in [-0.39, 0.29) is 12.6 Å². The second kappa shape index (κ2) is 8.61. The maximum atomic E-state index is 12.2. The molecule has 1 rings (SSSR count). The van der Waals surface area contributed by atoms with Crippen molar-refractivity contribution >= 4 is 17.4 Å². The second-order valence-corrected chi connectivity index (χ2v) is 7.64. The maximum Gasteiger partial charge on any atom is 0.410 e. The van der Waals surface area contributed by atoms with Gasteiger partial charge in [0.25, 0.3) is 0 Å². The summed E-state index contributed by atoms with van der Waals surface area (Å²) in [6.45, 7) is 12.6. The summed E-state index contributed by atoms with van der Waals surface area (Å²) in [4.78, 5) is 19.2. The molecule has 2 atom stereocenters. The Labute approximate surface area is 142 Å². The van der Waals surface area contributed by atoms with Crippen molar-refractivity contribution in [3.8, 4) is 0 Å². The Morgan fingerprint density at radius 3 is 2.61 bits per heavy atom. The third kappa shape index (κ3) is 7.28. The fraction of sp³-hybridized carbons (Fsp3) is 0.750. The number of aliphatic hydroxyl groups excluding tert-OH is 1. The predicted molar refractivity (Wildman–Crippen MR) is 92.8 cm³/mol. The Balaban J connectivity index is 2.54. The minimum atomic E-state index is -0.594. The van der Waals surface area contributed by atoms with Gasteiger partial charge in [-0.15, -0.1) is 11.3 Å². The van der Waals surface area contributed by atoms with Crippen LogP contribution in [0.25, 0.3) is 0 Å². The Morgan fingerprint density at radius 2 is 2.13 bits per heavy atom. The smallest absolute Gasteiger partial charge is 0.410 e. The minimum absolute atomic E-state index is 0.175. The van der Waals surface area contributed by atoms with Crippen LogP contribution in [0, 0.1) is 6.92 Å². The van der Waals surface area contributed by atoms with Crippen molar-refractivity contribution in [3.63, 3.8) is 0 Å². The predicted octanol–water partition coefficient (Wildman–Crippen LogP) is 2.72. The molecule has 0 aliphatic rings. The van der Waals surface area contributed by atoms with E-state index < -0.39 is 17.8 Å². The molecule has 0 spiro atoms. The molecule has 1 amide bonds. The van der Waals surface area contributed by atoms with Crippen molar-refractivity contribution in [1.82, 2.24) is 15.2 Å². The van der Waals surface area contributed by atoms with E-state index in [1.807, 2.05) is 33.2 Å². The van der Waals surface area contributed by atoms with Gasteiger partial charge in [0, 0.05) is 30.6 Å². The number of aryl methyl sites for hydroxylation is 1. The highest BCUT2D eigenvalue weighted by atomic mass is 32.1. The maximum absolute atomic E-state index is 12.2. The molecule has 1 aromatic heterocycles. The molecule has 0 radical (unpaired) electrons. The number of ether oxygens (including phenoxy) is 1. The lowest BCUT2D eigenvalue weighted by atomic mass is 10.2. The number of hydrogen-bond donors (Lipinski definition) is 2. The molecular weight excluding hydrogens is 314 g/mol. The molecule has 0 bridgehead atoms. The third-order valence-corrected chi connectivity index (χ3v) is 4.26. The van der Waals surface area contributed by atoms with Crippen LogP contribution >= 0.6 is 11.3 Å². The van der Waals surface area contributed by atoms with Crippen LogP contribution in [0.2, 0.25) is 0 Å². The summed E-state index contributed by atoms with van der Waals surface area (Å²) in [6.07, 6.45) is -0.995. The lowest BCUT2D eigenvalue weighted by Crippen LogP contribution is -2.43. The van der Waals surface area contributed by atoms with E-state index in [0.29, 0.717) is 13.1 Å². The van der Waals surface area contributed by atoms with Crippen LogP contribution in [-0.2, 0) is 4.74 Å². The van der Waals surface area contributed by atoms with Crippen molar-refractivity contribution in [2.24, 2.45) is 0 Å². The Kier molecular flexibility index (Phi) is 7.44. The number of aliphatic hydroxyl groups is 1. The lowest BCUT2D eigenvalue weighted by Gasteiger charge is -2.28. The number of nitrogens with one attached hydrogen (secondary N) is 1. The monoisotopic (exact) mass is 343 g/mol. The van der Waals surface area contributed by atoms with E-state index in [1.165, 1.54) is 9.78 Å². The van der Waals surface area contributed by atoms with Crippen LogP contribution in [0.1, 0.15) is 51.2 Å². The molecule has 0 saturated heterocycles. The van der Waals surface area contributed by atoms with Gasteiger partial charge in [-0.1, -0.05) is 0 Å². The van der Waals surface area contributed by atoms with E-state index in [0.717, 1.165) is 5.69 Å². The average molecular weight is 343 g/mol. The second-order valence-electron chi connectivity index (χ2n) is 6.75. The zero-order valence-electron chi connectivity index (χ0n) is 14.9. The number of nitrogens with zero attached hydrogens (tertiary/aromatic N) is 2. The van der Waals surface area contributed by atoms with Gasteiger partial charge in [0.1, 0.15) is 5.60 Å². The van der Waals surface area contributed by atoms with Crippen molar-refractivity contribution in [3.05, 3.63) is 16.1 Å². The van der Waals surface area contributed by atoms with Crippen molar-refractivity contribution in [2.45, 2.75) is 59.3 Å². The number of thiazole rings is 1. The molecule has 0 saturated carbocycles. The molecule has 0 aliphatic heterocycles. The normalized spacial score (nSPS) is 14.4. The van der Waals surface area contributed by atoms with Crippen molar-refractivity contribution < 1.29 is 14.6 Å². The fourth-order valence-electron chi connectivity index (χ4n) is 2.14. The molecule has 0 aliphatic carbocycles. The molecule has 1 aromatic rings. The number of amides is 1. The molecule has 2 unspecified atom stereocenters. The van der Waals surface area contributed by atoms with Gasteiger partial charge in [-0.2, -0.15) is 0 Å². The summed E-state index contributed by atoms with van der Waals surface area (Å²) in [5, 5.41) is 13.0. The first kappa shape index (κ1) is 19.9. The lowest BCUT2D eigenvalue weighted by molar-refractivity contribution is 0.0163. The first-order valence-corrected chi connectivity index (χ1v) is 8.77.